The largest absolute Gasteiger partial charge is 0.452 e. The summed E-state index contributed by atoms with van der Waals surface area (Å²) in [5.74, 6) is 1.50. The molecule has 0 saturated carbocycles. The molecule has 1 amide bonds. The van der Waals surface area contributed by atoms with Crippen LogP contribution in [0.3, 0.4) is 0 Å². The summed E-state index contributed by atoms with van der Waals surface area (Å²) in [5.41, 5.74) is 2.37. The molecule has 0 unspecified atom stereocenters. The van der Waals surface area contributed by atoms with Crippen LogP contribution in [0.4, 0.5) is 0 Å². The second kappa shape index (κ2) is 7.63. The van der Waals surface area contributed by atoms with Crippen LogP contribution in [0.25, 0.3) is 0 Å². The minimum Gasteiger partial charge on any atom is -0.452 e. The maximum atomic E-state index is 12.3. The van der Waals surface area contributed by atoms with Gasteiger partial charge in [0, 0.05) is 7.05 Å². The van der Waals surface area contributed by atoms with Crippen LogP contribution in [0.15, 0.2) is 45.5 Å². The number of likely N-dealkylation sites (N-methyl/N-ethyl adjacent to an activating group) is 1. The molecule has 3 nitrogen and oxygen atoms in total. The Labute approximate surface area is 140 Å². The van der Waals surface area contributed by atoms with Gasteiger partial charge in [-0.1, -0.05) is 38.1 Å². The van der Waals surface area contributed by atoms with E-state index in [-0.39, 0.29) is 5.91 Å². The Morgan fingerprint density at radius 3 is 2.32 bits per heavy atom. The van der Waals surface area contributed by atoms with Gasteiger partial charge in [0.25, 0.3) is 0 Å². The van der Waals surface area contributed by atoms with E-state index in [4.69, 9.17) is 4.42 Å². The number of hydrogen-bond acceptors (Lipinski definition) is 2. The van der Waals surface area contributed by atoms with E-state index in [9.17, 15) is 4.79 Å². The number of hydrogen-bond donors (Lipinski definition) is 0. The van der Waals surface area contributed by atoms with E-state index in [1.54, 1.807) is 11.9 Å². The lowest BCUT2D eigenvalue weighted by molar-refractivity contribution is -0.129. The smallest absolute Gasteiger partial charge is 0.227 e. The average molecular weight is 364 g/mol. The molecule has 0 aliphatic rings. The standard InChI is InChI=1S/C18H22BrNO2/c1-13(2)10-14-4-6-15(7-5-14)11-18(21)20(3)12-16-8-9-17(19)22-16/h4-9,13H,10-12H2,1-3H3. The van der Waals surface area contributed by atoms with Crippen molar-refractivity contribution in [1.29, 1.82) is 0 Å². The van der Waals surface area contributed by atoms with Crippen molar-refractivity contribution in [2.24, 2.45) is 5.92 Å². The fourth-order valence-electron chi connectivity index (χ4n) is 2.33. The highest BCUT2D eigenvalue weighted by Gasteiger charge is 2.12. The third-order valence-electron chi connectivity index (χ3n) is 3.47. The predicted octanol–water partition coefficient (Wildman–Crippen LogP) is 4.44. The van der Waals surface area contributed by atoms with Crippen molar-refractivity contribution in [3.8, 4) is 0 Å². The molecule has 0 fully saturated rings. The lowest BCUT2D eigenvalue weighted by Gasteiger charge is -2.16. The number of halogens is 1. The minimum absolute atomic E-state index is 0.0872. The highest BCUT2D eigenvalue weighted by Crippen LogP contribution is 2.16. The Balaban J connectivity index is 1.90. The zero-order chi connectivity index (χ0) is 16.1. The van der Waals surface area contributed by atoms with E-state index in [1.807, 2.05) is 24.3 Å². The quantitative estimate of drug-likeness (QED) is 0.759. The molecule has 118 valence electrons. The van der Waals surface area contributed by atoms with Crippen molar-refractivity contribution in [2.45, 2.75) is 33.2 Å². The third-order valence-corrected chi connectivity index (χ3v) is 3.90. The highest BCUT2D eigenvalue weighted by molar-refractivity contribution is 9.10. The molecule has 1 heterocycles. The van der Waals surface area contributed by atoms with E-state index in [1.165, 1.54) is 5.56 Å². The van der Waals surface area contributed by atoms with Gasteiger partial charge in [-0.15, -0.1) is 0 Å². The van der Waals surface area contributed by atoms with Gasteiger partial charge in [0.05, 0.1) is 13.0 Å². The number of carbonyl (C=O) groups excluding carboxylic acids is 1. The number of carbonyl (C=O) groups is 1. The summed E-state index contributed by atoms with van der Waals surface area (Å²) >= 11 is 3.27. The van der Waals surface area contributed by atoms with E-state index < -0.39 is 0 Å². The lowest BCUT2D eigenvalue weighted by Crippen LogP contribution is -2.27. The molecule has 0 radical (unpaired) electrons. The van der Waals surface area contributed by atoms with Crippen LogP contribution in [0, 0.1) is 5.92 Å². The molecule has 0 atom stereocenters. The van der Waals surface area contributed by atoms with Crippen LogP contribution in [0.2, 0.25) is 0 Å². The summed E-state index contributed by atoms with van der Waals surface area (Å²) in [6.45, 7) is 4.90. The van der Waals surface area contributed by atoms with E-state index >= 15 is 0 Å². The topological polar surface area (TPSA) is 33.5 Å². The molecule has 1 aromatic heterocycles. The molecule has 0 saturated heterocycles. The maximum Gasteiger partial charge on any atom is 0.227 e. The molecule has 0 bridgehead atoms. The van der Waals surface area contributed by atoms with E-state index in [2.05, 4.69) is 41.9 Å². The van der Waals surface area contributed by atoms with Gasteiger partial charge in [-0.05, 0) is 51.5 Å². The van der Waals surface area contributed by atoms with Gasteiger partial charge in [-0.3, -0.25) is 4.79 Å². The number of nitrogens with zero attached hydrogens (tertiary/aromatic N) is 1. The third kappa shape index (κ3) is 5.02. The molecular formula is C18H22BrNO2. The first kappa shape index (κ1) is 16.8. The first-order valence-electron chi connectivity index (χ1n) is 7.50. The van der Waals surface area contributed by atoms with E-state index in [0.717, 1.165) is 17.7 Å². The Hall–Kier alpha value is -1.55. The van der Waals surface area contributed by atoms with Crippen LogP contribution >= 0.6 is 15.9 Å². The summed E-state index contributed by atoms with van der Waals surface area (Å²) in [5, 5.41) is 0. The zero-order valence-electron chi connectivity index (χ0n) is 13.3. The summed E-state index contributed by atoms with van der Waals surface area (Å²) in [7, 11) is 1.80. The van der Waals surface area contributed by atoms with Crippen LogP contribution in [0.1, 0.15) is 30.7 Å². The molecule has 0 spiro atoms. The first-order chi connectivity index (χ1) is 10.4. The summed E-state index contributed by atoms with van der Waals surface area (Å²) < 4.78 is 6.11. The SMILES string of the molecule is CC(C)Cc1ccc(CC(=O)N(C)Cc2ccc(Br)o2)cc1. The molecule has 0 N–H and O–H groups in total. The van der Waals surface area contributed by atoms with Crippen molar-refractivity contribution in [2.75, 3.05) is 7.05 Å². The van der Waals surface area contributed by atoms with Crippen molar-refractivity contribution in [3.63, 3.8) is 0 Å². The fourth-order valence-corrected chi connectivity index (χ4v) is 2.67. The number of furan rings is 1. The predicted molar refractivity (Wildman–Crippen MR) is 91.6 cm³/mol. The Morgan fingerprint density at radius 2 is 1.77 bits per heavy atom. The van der Waals surface area contributed by atoms with Crippen LogP contribution in [-0.2, 0) is 24.2 Å². The van der Waals surface area contributed by atoms with Gasteiger partial charge in [0.2, 0.25) is 5.91 Å². The maximum absolute atomic E-state index is 12.3. The Bertz CT molecular complexity index is 616. The summed E-state index contributed by atoms with van der Waals surface area (Å²) in [6, 6.07) is 12.0. The lowest BCUT2D eigenvalue weighted by atomic mass is 10.0. The zero-order valence-corrected chi connectivity index (χ0v) is 14.9. The molecule has 0 aliphatic heterocycles. The average Bonchev–Trinajstić information content (AvgIpc) is 2.85. The van der Waals surface area contributed by atoms with Gasteiger partial charge in [0.15, 0.2) is 4.67 Å². The molecule has 4 heteroatoms. The number of amides is 1. The van der Waals surface area contributed by atoms with Crippen molar-refractivity contribution >= 4 is 21.8 Å². The molecule has 22 heavy (non-hydrogen) atoms. The van der Waals surface area contributed by atoms with Gasteiger partial charge in [-0.2, -0.15) is 0 Å². The molecule has 2 rings (SSSR count). The van der Waals surface area contributed by atoms with Crippen molar-refractivity contribution < 1.29 is 9.21 Å². The Morgan fingerprint density at radius 1 is 1.14 bits per heavy atom. The van der Waals surface area contributed by atoms with Crippen LogP contribution in [0.5, 0.6) is 0 Å². The fraction of sp³-hybridized carbons (Fsp3) is 0.389. The van der Waals surface area contributed by atoms with Gasteiger partial charge in [-0.25, -0.2) is 0 Å². The minimum atomic E-state index is 0.0872. The molecular weight excluding hydrogens is 342 g/mol. The molecule has 1 aromatic carbocycles. The summed E-state index contributed by atoms with van der Waals surface area (Å²) in [6.07, 6.45) is 1.49. The first-order valence-corrected chi connectivity index (χ1v) is 8.29. The number of rotatable bonds is 6. The van der Waals surface area contributed by atoms with Gasteiger partial charge in [0.1, 0.15) is 5.76 Å². The number of benzene rings is 1. The highest BCUT2D eigenvalue weighted by atomic mass is 79.9. The second-order valence-electron chi connectivity index (χ2n) is 6.05. The molecule has 0 aliphatic carbocycles. The van der Waals surface area contributed by atoms with E-state index in [0.29, 0.717) is 23.6 Å². The van der Waals surface area contributed by atoms with Crippen LogP contribution < -0.4 is 0 Å². The Kier molecular flexibility index (Phi) is 5.83. The van der Waals surface area contributed by atoms with Gasteiger partial charge >= 0.3 is 0 Å². The normalized spacial score (nSPS) is 11.0. The second-order valence-corrected chi connectivity index (χ2v) is 6.83. The monoisotopic (exact) mass is 363 g/mol. The van der Waals surface area contributed by atoms with Crippen LogP contribution in [-0.4, -0.2) is 17.9 Å². The van der Waals surface area contributed by atoms with Crippen molar-refractivity contribution in [1.82, 2.24) is 4.90 Å². The summed E-state index contributed by atoms with van der Waals surface area (Å²) in [4.78, 5) is 13.9. The van der Waals surface area contributed by atoms with Crippen molar-refractivity contribution in [3.05, 3.63) is 58.0 Å². The molecule has 2 aromatic rings. The van der Waals surface area contributed by atoms with Gasteiger partial charge < -0.3 is 9.32 Å².